The minimum Gasteiger partial charge on any atom is -0.368 e. The number of anilines is 2. The molecule has 1 N–H and O–H groups in total. The van der Waals surface area contributed by atoms with Crippen LogP contribution in [0, 0.1) is 0 Å². The number of benzene rings is 1. The molecule has 142 valence electrons. The van der Waals surface area contributed by atoms with Gasteiger partial charge < -0.3 is 19.9 Å². The first-order valence-corrected chi connectivity index (χ1v) is 10.2. The molecule has 6 nitrogen and oxygen atoms in total. The highest BCUT2D eigenvalue weighted by Gasteiger charge is 2.24. The van der Waals surface area contributed by atoms with Gasteiger partial charge in [0.2, 0.25) is 0 Å². The summed E-state index contributed by atoms with van der Waals surface area (Å²) in [4.78, 5) is 29.5. The zero-order chi connectivity index (χ0) is 18.6. The maximum absolute atomic E-state index is 12.4. The second-order valence-electron chi connectivity index (χ2n) is 6.79. The Kier molecular flexibility index (Phi) is 5.40. The Labute approximate surface area is 162 Å². The van der Waals surface area contributed by atoms with Crippen molar-refractivity contribution < 1.29 is 14.3 Å². The molecule has 0 aliphatic carbocycles. The summed E-state index contributed by atoms with van der Waals surface area (Å²) >= 11 is 1.49. The number of amides is 2. The van der Waals surface area contributed by atoms with E-state index in [1.807, 2.05) is 46.7 Å². The van der Waals surface area contributed by atoms with E-state index in [4.69, 9.17) is 4.74 Å². The predicted octanol–water partition coefficient (Wildman–Crippen LogP) is 2.83. The zero-order valence-corrected chi connectivity index (χ0v) is 15.9. The molecule has 2 aliphatic heterocycles. The van der Waals surface area contributed by atoms with E-state index in [0.717, 1.165) is 42.2 Å². The topological polar surface area (TPSA) is 61.9 Å². The van der Waals surface area contributed by atoms with E-state index in [9.17, 15) is 9.59 Å². The molecule has 3 heterocycles. The Balaban J connectivity index is 1.31. The third-order valence-electron chi connectivity index (χ3n) is 5.02. The maximum atomic E-state index is 12.4. The second-order valence-corrected chi connectivity index (χ2v) is 7.74. The summed E-state index contributed by atoms with van der Waals surface area (Å²) in [7, 11) is 0. The number of piperazine rings is 1. The molecule has 2 aliphatic rings. The number of rotatable bonds is 4. The van der Waals surface area contributed by atoms with Crippen molar-refractivity contribution in [1.82, 2.24) is 4.90 Å². The van der Waals surface area contributed by atoms with E-state index in [-0.39, 0.29) is 17.9 Å². The number of hydrogen-bond acceptors (Lipinski definition) is 5. The molecule has 2 aromatic rings. The van der Waals surface area contributed by atoms with Gasteiger partial charge in [0.15, 0.2) is 0 Å². The number of hydrogen-bond donors (Lipinski definition) is 1. The quantitative estimate of drug-likeness (QED) is 0.879. The lowest BCUT2D eigenvalue weighted by Gasteiger charge is -2.36. The van der Waals surface area contributed by atoms with Crippen molar-refractivity contribution >= 4 is 34.5 Å². The Morgan fingerprint density at radius 2 is 1.85 bits per heavy atom. The van der Waals surface area contributed by atoms with Gasteiger partial charge in [-0.3, -0.25) is 9.59 Å². The van der Waals surface area contributed by atoms with Crippen molar-refractivity contribution in [2.45, 2.75) is 18.9 Å². The summed E-state index contributed by atoms with van der Waals surface area (Å²) in [5.74, 6) is 0.0535. The zero-order valence-electron chi connectivity index (χ0n) is 15.1. The average molecular weight is 385 g/mol. The number of carbonyl (C=O) groups is 2. The normalized spacial score (nSPS) is 19.9. The molecule has 2 amide bonds. The number of thiophene rings is 1. The minimum absolute atomic E-state index is 0.0686. The summed E-state index contributed by atoms with van der Waals surface area (Å²) in [6, 6.07) is 11.7. The van der Waals surface area contributed by atoms with Gasteiger partial charge in [0.05, 0.1) is 4.88 Å². The van der Waals surface area contributed by atoms with Crippen molar-refractivity contribution in [2.24, 2.45) is 0 Å². The summed E-state index contributed by atoms with van der Waals surface area (Å²) in [6.45, 7) is 3.71. The van der Waals surface area contributed by atoms with E-state index >= 15 is 0 Å². The molecular formula is C20H23N3O3S. The Morgan fingerprint density at radius 3 is 2.48 bits per heavy atom. The molecule has 1 aromatic heterocycles. The van der Waals surface area contributed by atoms with Gasteiger partial charge in [-0.05, 0) is 48.6 Å². The van der Waals surface area contributed by atoms with Crippen LogP contribution >= 0.6 is 11.3 Å². The van der Waals surface area contributed by atoms with Crippen molar-refractivity contribution in [3.8, 4) is 0 Å². The van der Waals surface area contributed by atoms with Crippen LogP contribution in [-0.2, 0) is 9.53 Å². The van der Waals surface area contributed by atoms with Gasteiger partial charge in [0.1, 0.15) is 6.10 Å². The number of nitrogens with zero attached hydrogens (tertiary/aromatic N) is 2. The number of carbonyl (C=O) groups excluding carboxylic acids is 2. The molecule has 0 saturated carbocycles. The van der Waals surface area contributed by atoms with Crippen LogP contribution in [0.4, 0.5) is 11.4 Å². The third-order valence-corrected chi connectivity index (χ3v) is 5.88. The fraction of sp³-hybridized carbons (Fsp3) is 0.400. The summed E-state index contributed by atoms with van der Waals surface area (Å²) < 4.78 is 5.41. The van der Waals surface area contributed by atoms with E-state index in [0.29, 0.717) is 19.7 Å². The molecule has 7 heteroatoms. The lowest BCUT2D eigenvalue weighted by Crippen LogP contribution is -2.48. The largest absolute Gasteiger partial charge is 0.368 e. The van der Waals surface area contributed by atoms with Crippen molar-refractivity contribution in [3.63, 3.8) is 0 Å². The second kappa shape index (κ2) is 8.10. The lowest BCUT2D eigenvalue weighted by atomic mass is 10.2. The molecular weight excluding hydrogens is 362 g/mol. The highest BCUT2D eigenvalue weighted by Crippen LogP contribution is 2.22. The monoisotopic (exact) mass is 385 g/mol. The number of ether oxygens (including phenoxy) is 1. The van der Waals surface area contributed by atoms with E-state index < -0.39 is 0 Å². The van der Waals surface area contributed by atoms with Crippen LogP contribution < -0.4 is 10.2 Å². The SMILES string of the molecule is O=C(Nc1ccc(N2CCN(C(=O)c3cccs3)CC2)cc1)C1CCCO1. The first kappa shape index (κ1) is 18.0. The number of nitrogens with one attached hydrogen (secondary N) is 1. The van der Waals surface area contributed by atoms with Gasteiger partial charge >= 0.3 is 0 Å². The predicted molar refractivity (Wildman–Crippen MR) is 106 cm³/mol. The van der Waals surface area contributed by atoms with Gasteiger partial charge in [-0.25, -0.2) is 0 Å². The van der Waals surface area contributed by atoms with E-state index in [1.54, 1.807) is 0 Å². The molecule has 0 bridgehead atoms. The lowest BCUT2D eigenvalue weighted by molar-refractivity contribution is -0.124. The molecule has 27 heavy (non-hydrogen) atoms. The van der Waals surface area contributed by atoms with Crippen molar-refractivity contribution in [3.05, 3.63) is 46.7 Å². The molecule has 0 spiro atoms. The van der Waals surface area contributed by atoms with Gasteiger partial charge in [0, 0.05) is 44.2 Å². The van der Waals surface area contributed by atoms with Crippen LogP contribution in [0.5, 0.6) is 0 Å². The smallest absolute Gasteiger partial charge is 0.264 e. The molecule has 4 rings (SSSR count). The first-order valence-electron chi connectivity index (χ1n) is 9.31. The van der Waals surface area contributed by atoms with Crippen molar-refractivity contribution in [2.75, 3.05) is 43.0 Å². The van der Waals surface area contributed by atoms with Crippen LogP contribution in [0.3, 0.4) is 0 Å². The standard InChI is InChI=1S/C20H23N3O3S/c24-19(17-3-1-13-26-17)21-15-5-7-16(8-6-15)22-9-11-23(12-10-22)20(25)18-4-2-14-27-18/h2,4-8,14,17H,1,3,9-13H2,(H,21,24). The molecule has 2 saturated heterocycles. The molecule has 2 fully saturated rings. The Morgan fingerprint density at radius 1 is 1.07 bits per heavy atom. The van der Waals surface area contributed by atoms with Crippen LogP contribution in [-0.4, -0.2) is 55.6 Å². The van der Waals surface area contributed by atoms with Crippen LogP contribution in [0.15, 0.2) is 41.8 Å². The molecule has 1 aromatic carbocycles. The Hall–Kier alpha value is -2.38. The van der Waals surface area contributed by atoms with Crippen LogP contribution in [0.25, 0.3) is 0 Å². The van der Waals surface area contributed by atoms with Gasteiger partial charge in [0.25, 0.3) is 11.8 Å². The average Bonchev–Trinajstić information content (AvgIpc) is 3.42. The maximum Gasteiger partial charge on any atom is 0.264 e. The van der Waals surface area contributed by atoms with Gasteiger partial charge in [-0.2, -0.15) is 0 Å². The van der Waals surface area contributed by atoms with Crippen LogP contribution in [0.1, 0.15) is 22.5 Å². The molecule has 1 atom stereocenters. The van der Waals surface area contributed by atoms with Crippen LogP contribution in [0.2, 0.25) is 0 Å². The highest BCUT2D eigenvalue weighted by atomic mass is 32.1. The van der Waals surface area contributed by atoms with Gasteiger partial charge in [-0.15, -0.1) is 11.3 Å². The molecule has 1 unspecified atom stereocenters. The minimum atomic E-state index is -0.321. The van der Waals surface area contributed by atoms with E-state index in [1.165, 1.54) is 11.3 Å². The summed E-state index contributed by atoms with van der Waals surface area (Å²) in [5.41, 5.74) is 1.89. The first-order chi connectivity index (χ1) is 13.2. The fourth-order valence-corrected chi connectivity index (χ4v) is 4.18. The third kappa shape index (κ3) is 4.14. The summed E-state index contributed by atoms with van der Waals surface area (Å²) in [6.07, 6.45) is 1.41. The van der Waals surface area contributed by atoms with Crippen molar-refractivity contribution in [1.29, 1.82) is 0 Å². The molecule has 0 radical (unpaired) electrons. The highest BCUT2D eigenvalue weighted by molar-refractivity contribution is 7.12. The fourth-order valence-electron chi connectivity index (χ4n) is 3.49. The van der Waals surface area contributed by atoms with E-state index in [2.05, 4.69) is 10.2 Å². The van der Waals surface area contributed by atoms with Gasteiger partial charge in [-0.1, -0.05) is 6.07 Å². The summed E-state index contributed by atoms with van der Waals surface area (Å²) in [5, 5.41) is 4.85. The Bertz CT molecular complexity index is 777.